The minimum atomic E-state index is -0.291. The van der Waals surface area contributed by atoms with Gasteiger partial charge in [-0.3, -0.25) is 14.2 Å². The Bertz CT molecular complexity index is 785. The molecule has 5 nitrogen and oxygen atoms in total. The third-order valence-electron chi connectivity index (χ3n) is 4.17. The van der Waals surface area contributed by atoms with Crippen molar-refractivity contribution in [1.82, 2.24) is 14.5 Å². The third-order valence-corrected chi connectivity index (χ3v) is 4.40. The molecule has 2 aromatic rings. The highest BCUT2D eigenvalue weighted by Gasteiger charge is 2.21. The maximum atomic E-state index is 12.5. The Hall–Kier alpha value is -1.88. The van der Waals surface area contributed by atoms with Crippen LogP contribution in [-0.4, -0.2) is 27.4 Å². The van der Waals surface area contributed by atoms with Gasteiger partial charge in [-0.25, -0.2) is 4.98 Å². The molecule has 1 unspecified atom stereocenters. The monoisotopic (exact) mass is 335 g/mol. The molecule has 0 saturated carbocycles. The summed E-state index contributed by atoms with van der Waals surface area (Å²) in [5.74, 6) is 0.608. The fraction of sp³-hybridized carbons (Fsp3) is 0.471. The largest absolute Gasteiger partial charge is 0.336 e. The molecular weight excluding hydrogens is 314 g/mol. The van der Waals surface area contributed by atoms with E-state index in [0.29, 0.717) is 28.2 Å². The first kappa shape index (κ1) is 17.5. The van der Waals surface area contributed by atoms with Crippen LogP contribution in [0, 0.1) is 0 Å². The topological polar surface area (TPSA) is 55.2 Å². The van der Waals surface area contributed by atoms with Crippen LogP contribution in [0.5, 0.6) is 0 Å². The van der Waals surface area contributed by atoms with E-state index in [4.69, 9.17) is 11.6 Å². The lowest BCUT2D eigenvalue weighted by Crippen LogP contribution is -2.34. The number of hydrogen-bond donors (Lipinski definition) is 0. The van der Waals surface area contributed by atoms with Crippen molar-refractivity contribution in [2.24, 2.45) is 7.05 Å². The number of carbonyl (C=O) groups is 1. The van der Waals surface area contributed by atoms with Gasteiger partial charge in [-0.1, -0.05) is 24.9 Å². The summed E-state index contributed by atoms with van der Waals surface area (Å²) in [7, 11) is 3.43. The van der Waals surface area contributed by atoms with Gasteiger partial charge in [0.1, 0.15) is 5.82 Å². The second-order valence-electron chi connectivity index (χ2n) is 5.78. The predicted molar refractivity (Wildman–Crippen MR) is 92.7 cm³/mol. The third kappa shape index (κ3) is 3.55. The van der Waals surface area contributed by atoms with Crippen molar-refractivity contribution in [2.75, 3.05) is 7.05 Å². The average Bonchev–Trinajstić information content (AvgIpc) is 2.54. The molecule has 0 saturated heterocycles. The van der Waals surface area contributed by atoms with E-state index < -0.39 is 0 Å². The highest BCUT2D eigenvalue weighted by atomic mass is 35.5. The normalized spacial score (nSPS) is 12.4. The first-order valence-corrected chi connectivity index (χ1v) is 8.16. The molecule has 0 N–H and O–H groups in total. The lowest BCUT2D eigenvalue weighted by molar-refractivity contribution is -0.132. The van der Waals surface area contributed by atoms with Crippen molar-refractivity contribution in [3.05, 3.63) is 39.4 Å². The van der Waals surface area contributed by atoms with Gasteiger partial charge in [0.2, 0.25) is 5.91 Å². The molecule has 1 aromatic heterocycles. The lowest BCUT2D eigenvalue weighted by atomic mass is 10.2. The zero-order chi connectivity index (χ0) is 17.1. The number of fused-ring (bicyclic) bond motifs is 1. The summed E-state index contributed by atoms with van der Waals surface area (Å²) in [5, 5.41) is 1.05. The molecule has 1 aromatic carbocycles. The fourth-order valence-electron chi connectivity index (χ4n) is 2.53. The first-order chi connectivity index (χ1) is 10.9. The van der Waals surface area contributed by atoms with Gasteiger partial charge in [-0.05, 0) is 31.5 Å². The van der Waals surface area contributed by atoms with Crippen molar-refractivity contribution < 1.29 is 4.79 Å². The predicted octanol–water partition coefficient (Wildman–Crippen LogP) is 3.30. The standard InChI is InChI=1S/C17H22ClN3O2/c1-5-6-7-15(22)20(3)11(2)16-19-14-10-12(18)8-9-13(14)17(23)21(16)4/h8-11H,5-7H2,1-4H3. The number of rotatable bonds is 5. The van der Waals surface area contributed by atoms with Gasteiger partial charge in [0.15, 0.2) is 0 Å². The van der Waals surface area contributed by atoms with Crippen LogP contribution in [-0.2, 0) is 11.8 Å². The number of halogens is 1. The second-order valence-corrected chi connectivity index (χ2v) is 6.22. The SMILES string of the molecule is CCCCC(=O)N(C)C(C)c1nc2cc(Cl)ccc2c(=O)n1C. The molecule has 1 heterocycles. The molecule has 1 amide bonds. The summed E-state index contributed by atoms with van der Waals surface area (Å²) in [6.45, 7) is 3.93. The van der Waals surface area contributed by atoms with Crippen LogP contribution in [0.3, 0.4) is 0 Å². The minimum absolute atomic E-state index is 0.0554. The van der Waals surface area contributed by atoms with Gasteiger partial charge in [-0.2, -0.15) is 0 Å². The molecule has 0 spiro atoms. The second kappa shape index (κ2) is 7.13. The van der Waals surface area contributed by atoms with Crippen molar-refractivity contribution in [3.63, 3.8) is 0 Å². The number of amides is 1. The van der Waals surface area contributed by atoms with Gasteiger partial charge in [0, 0.05) is 25.5 Å². The Morgan fingerprint density at radius 1 is 1.43 bits per heavy atom. The first-order valence-electron chi connectivity index (χ1n) is 7.78. The van der Waals surface area contributed by atoms with E-state index in [-0.39, 0.29) is 17.5 Å². The molecule has 2 rings (SSSR count). The molecule has 0 aliphatic carbocycles. The van der Waals surface area contributed by atoms with Crippen LogP contribution in [0.25, 0.3) is 10.9 Å². The summed E-state index contributed by atoms with van der Waals surface area (Å²) in [5.41, 5.74) is 0.416. The van der Waals surface area contributed by atoms with Gasteiger partial charge in [0.25, 0.3) is 5.56 Å². The summed E-state index contributed by atoms with van der Waals surface area (Å²) in [6.07, 6.45) is 2.33. The molecule has 1 atom stereocenters. The number of carbonyl (C=O) groups excluding carboxylic acids is 1. The van der Waals surface area contributed by atoms with Gasteiger partial charge in [0.05, 0.1) is 16.9 Å². The molecule has 23 heavy (non-hydrogen) atoms. The molecule has 124 valence electrons. The maximum Gasteiger partial charge on any atom is 0.261 e. The van der Waals surface area contributed by atoms with Crippen LogP contribution in [0.4, 0.5) is 0 Å². The Labute approximate surface area is 140 Å². The van der Waals surface area contributed by atoms with Gasteiger partial charge < -0.3 is 4.90 Å². The summed E-state index contributed by atoms with van der Waals surface area (Å²) < 4.78 is 1.50. The van der Waals surface area contributed by atoms with E-state index in [0.717, 1.165) is 12.8 Å². The number of aromatic nitrogens is 2. The van der Waals surface area contributed by atoms with Crippen LogP contribution >= 0.6 is 11.6 Å². The maximum absolute atomic E-state index is 12.5. The van der Waals surface area contributed by atoms with Crippen LogP contribution in [0.15, 0.2) is 23.0 Å². The van der Waals surface area contributed by atoms with Crippen molar-refractivity contribution >= 4 is 28.4 Å². The molecule has 6 heteroatoms. The van der Waals surface area contributed by atoms with E-state index in [1.165, 1.54) is 4.57 Å². The van der Waals surface area contributed by atoms with Crippen molar-refractivity contribution in [2.45, 2.75) is 39.2 Å². The van der Waals surface area contributed by atoms with Gasteiger partial charge >= 0.3 is 0 Å². The summed E-state index contributed by atoms with van der Waals surface area (Å²) >= 11 is 6.00. The zero-order valence-electron chi connectivity index (χ0n) is 14.0. The fourth-order valence-corrected chi connectivity index (χ4v) is 2.69. The molecule has 0 radical (unpaired) electrons. The quantitative estimate of drug-likeness (QED) is 0.842. The summed E-state index contributed by atoms with van der Waals surface area (Å²) in [6, 6.07) is 4.74. The number of hydrogen-bond acceptors (Lipinski definition) is 3. The summed E-state index contributed by atoms with van der Waals surface area (Å²) in [4.78, 5) is 30.9. The Morgan fingerprint density at radius 2 is 2.13 bits per heavy atom. The highest BCUT2D eigenvalue weighted by molar-refractivity contribution is 6.31. The molecule has 0 aliphatic heterocycles. The van der Waals surface area contributed by atoms with Crippen molar-refractivity contribution in [3.8, 4) is 0 Å². The molecule has 0 fully saturated rings. The minimum Gasteiger partial charge on any atom is -0.336 e. The molecular formula is C17H22ClN3O2. The highest BCUT2D eigenvalue weighted by Crippen LogP contribution is 2.21. The van der Waals surface area contributed by atoms with E-state index in [9.17, 15) is 9.59 Å². The van der Waals surface area contributed by atoms with Crippen LogP contribution in [0.1, 0.15) is 45.0 Å². The zero-order valence-corrected chi connectivity index (χ0v) is 14.7. The lowest BCUT2D eigenvalue weighted by Gasteiger charge is -2.26. The molecule has 0 aliphatic rings. The molecule has 0 bridgehead atoms. The smallest absolute Gasteiger partial charge is 0.261 e. The Kier molecular flexibility index (Phi) is 5.42. The van der Waals surface area contributed by atoms with E-state index >= 15 is 0 Å². The van der Waals surface area contributed by atoms with Crippen molar-refractivity contribution in [1.29, 1.82) is 0 Å². The number of benzene rings is 1. The Balaban J connectivity index is 2.44. The van der Waals surface area contributed by atoms with Crippen LogP contribution < -0.4 is 5.56 Å². The van der Waals surface area contributed by atoms with Crippen LogP contribution in [0.2, 0.25) is 5.02 Å². The average molecular weight is 336 g/mol. The van der Waals surface area contributed by atoms with E-state index in [1.807, 2.05) is 6.92 Å². The number of unbranched alkanes of at least 4 members (excludes halogenated alkanes) is 1. The van der Waals surface area contributed by atoms with Gasteiger partial charge in [-0.15, -0.1) is 0 Å². The Morgan fingerprint density at radius 3 is 2.78 bits per heavy atom. The van der Waals surface area contributed by atoms with E-state index in [1.54, 1.807) is 37.2 Å². The number of nitrogens with zero attached hydrogens (tertiary/aromatic N) is 3. The van der Waals surface area contributed by atoms with E-state index in [2.05, 4.69) is 11.9 Å².